The zero-order valence-corrected chi connectivity index (χ0v) is 45.0. The van der Waals surface area contributed by atoms with E-state index in [0.717, 1.165) is 68.0 Å². The Morgan fingerprint density at radius 2 is 1.30 bits per heavy atom. The van der Waals surface area contributed by atoms with Gasteiger partial charge in [-0.1, -0.05) is 146 Å². The minimum atomic E-state index is -0.919. The molecule has 0 saturated carbocycles. The summed E-state index contributed by atoms with van der Waals surface area (Å²) in [6.07, 6.45) is 0.960. The van der Waals surface area contributed by atoms with Crippen LogP contribution >= 0.6 is 0 Å². The number of aryl methyl sites for hydroxylation is 3. The molecule has 392 valence electrons. The van der Waals surface area contributed by atoms with Crippen LogP contribution in [0.2, 0.25) is 0 Å². The first-order valence-electron chi connectivity index (χ1n) is 26.0. The molecule has 0 bridgehead atoms. The second kappa shape index (κ2) is 22.8. The third-order valence-corrected chi connectivity index (χ3v) is 13.4. The number of imidazole rings is 1. The van der Waals surface area contributed by atoms with Gasteiger partial charge in [0, 0.05) is 37.3 Å². The van der Waals surface area contributed by atoms with Crippen molar-refractivity contribution >= 4 is 29.1 Å². The summed E-state index contributed by atoms with van der Waals surface area (Å²) in [5, 5.41) is 17.5. The number of rotatable bonds is 18. The van der Waals surface area contributed by atoms with Crippen molar-refractivity contribution < 1.29 is 23.8 Å². The fraction of sp³-hybridized carbons (Fsp3) is 0.238. The van der Waals surface area contributed by atoms with E-state index in [1.807, 2.05) is 93.3 Å². The Bertz CT molecular complexity index is 3380. The van der Waals surface area contributed by atoms with Gasteiger partial charge in [0.1, 0.15) is 28.5 Å². The first-order valence-corrected chi connectivity index (χ1v) is 26.0. The molecule has 2 aromatic heterocycles. The van der Waals surface area contributed by atoms with Gasteiger partial charge >= 0.3 is 12.1 Å². The fourth-order valence-electron chi connectivity index (χ4n) is 9.95. The van der Waals surface area contributed by atoms with Gasteiger partial charge < -0.3 is 29.8 Å². The summed E-state index contributed by atoms with van der Waals surface area (Å²) in [5.74, 6) is 2.08. The second-order valence-electron chi connectivity index (χ2n) is 20.0. The van der Waals surface area contributed by atoms with Gasteiger partial charge in [-0.3, -0.25) is 4.90 Å². The van der Waals surface area contributed by atoms with Gasteiger partial charge in [0.15, 0.2) is 11.5 Å². The van der Waals surface area contributed by atoms with Crippen LogP contribution in [0.1, 0.15) is 96.4 Å². The number of carbonyl (C=O) groups excluding carboxylic acids is 2. The van der Waals surface area contributed by atoms with Crippen molar-refractivity contribution in [2.24, 2.45) is 0 Å². The summed E-state index contributed by atoms with van der Waals surface area (Å²) in [5.41, 5.74) is 16.1. The molecule has 0 fully saturated rings. The van der Waals surface area contributed by atoms with Crippen LogP contribution in [0.3, 0.4) is 0 Å². The van der Waals surface area contributed by atoms with Crippen molar-refractivity contribution in [2.75, 3.05) is 29.6 Å². The largest absolute Gasteiger partial charge is 0.461 e. The Hall–Kier alpha value is -9.04. The van der Waals surface area contributed by atoms with E-state index in [1.165, 1.54) is 4.90 Å². The molecule has 0 saturated heterocycles. The summed E-state index contributed by atoms with van der Waals surface area (Å²) < 4.78 is 21.6. The molecule has 0 aliphatic heterocycles. The van der Waals surface area contributed by atoms with Gasteiger partial charge in [-0.2, -0.15) is 0 Å². The lowest BCUT2D eigenvalue weighted by Crippen LogP contribution is -2.39. The summed E-state index contributed by atoms with van der Waals surface area (Å²) in [7, 11) is 1.61. The van der Waals surface area contributed by atoms with E-state index in [9.17, 15) is 9.59 Å². The summed E-state index contributed by atoms with van der Waals surface area (Å²) in [6.45, 7) is 14.2. The Balaban J connectivity index is 0.995. The van der Waals surface area contributed by atoms with Crippen molar-refractivity contribution in [3.8, 4) is 34.0 Å². The third kappa shape index (κ3) is 11.2. The molecule has 0 aliphatic rings. The minimum Gasteiger partial charge on any atom is -0.461 e. The normalized spacial score (nSPS) is 11.5. The number of nitrogens with two attached hydrogens (primary N) is 1. The number of anilines is 3. The Morgan fingerprint density at radius 3 is 1.87 bits per heavy atom. The number of carbonyl (C=O) groups is 2. The van der Waals surface area contributed by atoms with Crippen LogP contribution < -0.4 is 20.7 Å². The lowest BCUT2D eigenvalue weighted by Gasteiger charge is -2.36. The van der Waals surface area contributed by atoms with Crippen LogP contribution in [0.5, 0.6) is 11.5 Å². The topological polar surface area (TPSA) is 165 Å². The molecule has 9 aromatic rings. The maximum Gasteiger partial charge on any atom is 0.414 e. The molecule has 2 heterocycles. The summed E-state index contributed by atoms with van der Waals surface area (Å²) in [4.78, 5) is 33.4. The molecule has 0 unspecified atom stereocenters. The molecule has 14 nitrogen and oxygen atoms in total. The predicted octanol–water partition coefficient (Wildman–Crippen LogP) is 13.2. The van der Waals surface area contributed by atoms with Crippen LogP contribution in [0, 0.1) is 13.8 Å². The van der Waals surface area contributed by atoms with Crippen molar-refractivity contribution in [3.05, 3.63) is 220 Å². The average Bonchev–Trinajstić information content (AvgIpc) is 4.12. The van der Waals surface area contributed by atoms with Gasteiger partial charge in [-0.05, 0) is 127 Å². The van der Waals surface area contributed by atoms with Gasteiger partial charge in [0.25, 0.3) is 0 Å². The molecule has 7 aromatic carbocycles. The first-order chi connectivity index (χ1) is 37.2. The van der Waals surface area contributed by atoms with Crippen molar-refractivity contribution in [2.45, 2.75) is 85.5 Å². The number of amides is 1. The van der Waals surface area contributed by atoms with Crippen LogP contribution in [-0.4, -0.2) is 61.1 Å². The Labute approximate surface area is 450 Å². The number of hydrogen-bond acceptors (Lipinski definition) is 11. The molecule has 3 N–H and O–H groups in total. The second-order valence-corrected chi connectivity index (χ2v) is 20.0. The molecule has 0 spiro atoms. The third-order valence-electron chi connectivity index (χ3n) is 13.4. The van der Waals surface area contributed by atoms with E-state index in [4.69, 9.17) is 35.2 Å². The predicted molar refractivity (Wildman–Crippen MR) is 303 cm³/mol. The van der Waals surface area contributed by atoms with Crippen LogP contribution in [-0.2, 0) is 34.5 Å². The fourth-order valence-corrected chi connectivity index (χ4v) is 9.95. The number of tetrazole rings is 1. The van der Waals surface area contributed by atoms with E-state index in [1.54, 1.807) is 25.2 Å². The first kappa shape index (κ1) is 52.8. The highest BCUT2D eigenvalue weighted by atomic mass is 16.6. The molecular formula is C63H65N9O5. The van der Waals surface area contributed by atoms with Gasteiger partial charge in [0.05, 0.1) is 30.2 Å². The number of hydrogen-bond donors (Lipinski definition) is 2. The van der Waals surface area contributed by atoms with Crippen molar-refractivity contribution in [1.29, 1.82) is 0 Å². The Morgan fingerprint density at radius 1 is 0.714 bits per heavy atom. The lowest BCUT2D eigenvalue weighted by atomic mass is 9.77. The highest BCUT2D eigenvalue weighted by Crippen LogP contribution is 2.44. The molecular weight excluding hydrogens is 963 g/mol. The number of aromatic nitrogens is 6. The summed E-state index contributed by atoms with van der Waals surface area (Å²) in [6, 6.07) is 56.8. The van der Waals surface area contributed by atoms with E-state index >= 15 is 0 Å². The van der Waals surface area contributed by atoms with Crippen LogP contribution in [0.4, 0.5) is 21.9 Å². The summed E-state index contributed by atoms with van der Waals surface area (Å²) >= 11 is 0. The van der Waals surface area contributed by atoms with Crippen molar-refractivity contribution in [1.82, 2.24) is 29.8 Å². The zero-order valence-electron chi connectivity index (χ0n) is 45.0. The van der Waals surface area contributed by atoms with E-state index in [2.05, 4.69) is 127 Å². The number of nitrogens with one attached hydrogen (secondary N) is 1. The van der Waals surface area contributed by atoms with Gasteiger partial charge in [-0.25, -0.2) is 19.3 Å². The number of ether oxygens (including phenoxy) is 3. The molecule has 9 rings (SSSR count). The Kier molecular flexibility index (Phi) is 15.7. The van der Waals surface area contributed by atoms with E-state index in [-0.39, 0.29) is 13.2 Å². The highest BCUT2D eigenvalue weighted by molar-refractivity contribution is 5.92. The maximum absolute atomic E-state index is 14.0. The van der Waals surface area contributed by atoms with Crippen LogP contribution in [0.15, 0.2) is 170 Å². The van der Waals surface area contributed by atoms with Crippen molar-refractivity contribution in [3.63, 3.8) is 0 Å². The highest BCUT2D eigenvalue weighted by Gasteiger charge is 2.42. The quantitative estimate of drug-likeness (QED) is 0.0477. The van der Waals surface area contributed by atoms with Gasteiger partial charge in [-0.15, -0.1) is 5.10 Å². The SMILES string of the molecule is CCCc1nc(CNc2c(C)cc(Oc3ccc(N)c(N(C)C(=O)OC(C)(C)C)c3)cc2C)c(C(=O)OCC)n1Cc1ccc(-c2ccccc2-c2nnnn2C(c2ccccc2)(c2ccccc2)c2ccccc2)cc1. The number of nitrogen functional groups attached to an aromatic ring is 1. The molecule has 77 heavy (non-hydrogen) atoms. The minimum absolute atomic E-state index is 0.215. The zero-order chi connectivity index (χ0) is 54.3. The molecule has 0 aliphatic carbocycles. The number of benzene rings is 7. The molecule has 14 heteroatoms. The molecule has 0 radical (unpaired) electrons. The maximum atomic E-state index is 14.0. The van der Waals surface area contributed by atoms with Crippen LogP contribution in [0.25, 0.3) is 22.5 Å². The smallest absolute Gasteiger partial charge is 0.414 e. The molecule has 0 atom stereocenters. The molecule has 1 amide bonds. The number of esters is 1. The van der Waals surface area contributed by atoms with E-state index in [0.29, 0.717) is 53.1 Å². The lowest BCUT2D eigenvalue weighted by molar-refractivity contribution is 0.0511. The monoisotopic (exact) mass is 1030 g/mol. The van der Waals surface area contributed by atoms with Gasteiger partial charge in [0.2, 0.25) is 0 Å². The van der Waals surface area contributed by atoms with E-state index < -0.39 is 23.2 Å². The standard InChI is InChI=1S/C63H65N9O5/c1-9-22-56-66-54(40-65-57-42(3)37-50(38-43(57)4)76-49-35-36-53(64)55(39-49)70(8)61(74)77-62(5,6)7)58(60(73)75-10-2)71(56)41-44-31-33-45(34-32-44)51-29-20-21-30-52(51)59-67-68-69-72(59)63(46-23-14-11-15-24-46,47-25-16-12-17-26-47)48-27-18-13-19-28-48/h11-21,23-39,65H,9-10,22,40-41,64H2,1-8H3. The number of nitrogens with zero attached hydrogens (tertiary/aromatic N) is 7. The average molecular weight is 1030 g/mol.